The number of benzene rings is 1. The molecule has 25 heavy (non-hydrogen) atoms. The fraction of sp³-hybridized carbons (Fsp3) is 0.667. The minimum absolute atomic E-state index is 0.138. The van der Waals surface area contributed by atoms with Crippen molar-refractivity contribution in [3.8, 4) is 0 Å². The molecule has 0 spiro atoms. The second-order valence-corrected chi connectivity index (χ2v) is 8.69. The molecule has 1 saturated carbocycles. The van der Waals surface area contributed by atoms with Gasteiger partial charge in [0, 0.05) is 12.6 Å². The van der Waals surface area contributed by atoms with Crippen LogP contribution in [0.5, 0.6) is 0 Å². The molecule has 2 fully saturated rings. The summed E-state index contributed by atoms with van der Waals surface area (Å²) in [6, 6.07) is 8.79. The number of aliphatic hydroxyl groups is 1. The molecule has 1 heterocycles. The van der Waals surface area contributed by atoms with Gasteiger partial charge in [0.15, 0.2) is 0 Å². The van der Waals surface area contributed by atoms with Crippen LogP contribution in [0.2, 0.25) is 0 Å². The summed E-state index contributed by atoms with van der Waals surface area (Å²) in [5, 5.41) is 10.1. The van der Waals surface area contributed by atoms with Gasteiger partial charge < -0.3 is 9.84 Å². The van der Waals surface area contributed by atoms with Crippen molar-refractivity contribution in [1.82, 2.24) is 4.90 Å². The molecule has 1 aromatic rings. The van der Waals surface area contributed by atoms with E-state index in [1.807, 2.05) is 0 Å². The van der Waals surface area contributed by atoms with E-state index in [9.17, 15) is 9.90 Å². The second kappa shape index (κ2) is 7.08. The summed E-state index contributed by atoms with van der Waals surface area (Å²) in [6.07, 6.45) is 3.22. The van der Waals surface area contributed by atoms with E-state index < -0.39 is 0 Å². The third-order valence-corrected chi connectivity index (χ3v) is 5.94. The molecule has 0 radical (unpaired) electrons. The molecule has 1 saturated heterocycles. The smallest absolute Gasteiger partial charge is 0.323 e. The lowest BCUT2D eigenvalue weighted by molar-refractivity contribution is -0.146. The Kier molecular flexibility index (Phi) is 5.21. The number of rotatable bonds is 3. The third-order valence-electron chi connectivity index (χ3n) is 5.94. The van der Waals surface area contributed by atoms with E-state index >= 15 is 0 Å². The predicted octanol–water partition coefficient (Wildman–Crippen LogP) is 3.26. The van der Waals surface area contributed by atoms with Gasteiger partial charge in [0.1, 0.15) is 6.04 Å². The highest BCUT2D eigenvalue weighted by molar-refractivity contribution is 5.76. The lowest BCUT2D eigenvalue weighted by atomic mass is 9.83. The van der Waals surface area contributed by atoms with Gasteiger partial charge in [-0.25, -0.2) is 0 Å². The number of carbonyl (C=O) groups excluding carboxylic acids is 1. The van der Waals surface area contributed by atoms with Crippen LogP contribution in [0.25, 0.3) is 0 Å². The van der Waals surface area contributed by atoms with Crippen molar-refractivity contribution in [3.05, 3.63) is 35.4 Å². The summed E-state index contributed by atoms with van der Waals surface area (Å²) in [5.41, 5.74) is 2.66. The molecule has 2 aliphatic rings. The van der Waals surface area contributed by atoms with Gasteiger partial charge in [-0.15, -0.1) is 0 Å². The monoisotopic (exact) mass is 345 g/mol. The summed E-state index contributed by atoms with van der Waals surface area (Å²) in [4.78, 5) is 14.6. The van der Waals surface area contributed by atoms with E-state index in [0.717, 1.165) is 32.2 Å². The summed E-state index contributed by atoms with van der Waals surface area (Å²) >= 11 is 0. The Morgan fingerprint density at radius 2 is 1.88 bits per heavy atom. The Hall–Kier alpha value is -1.39. The second-order valence-electron chi connectivity index (χ2n) is 8.69. The van der Waals surface area contributed by atoms with E-state index in [-0.39, 0.29) is 29.6 Å². The predicted molar refractivity (Wildman–Crippen MR) is 98.2 cm³/mol. The van der Waals surface area contributed by atoms with Crippen molar-refractivity contribution in [3.63, 3.8) is 0 Å². The standard InChI is InChI=1S/C21H31NO3/c1-21(2,3)16-8-5-14(6-9-16)13-22-18-12-17(23)10-7-15(18)11-19(22)20(24)25-4/h5-6,8-9,15,17-19,23H,7,10-13H2,1-4H3/t15-,17-,18-,19+/m1/s1. The highest BCUT2D eigenvalue weighted by Crippen LogP contribution is 2.41. The van der Waals surface area contributed by atoms with Gasteiger partial charge in [-0.2, -0.15) is 0 Å². The number of likely N-dealkylation sites (tertiary alicyclic amines) is 1. The minimum atomic E-state index is -0.247. The SMILES string of the molecule is COC(=O)[C@@H]1C[C@H]2CC[C@@H](O)C[C@H]2N1Cc1ccc(C(C)(C)C)cc1. The molecule has 4 heteroatoms. The average molecular weight is 345 g/mol. The van der Waals surface area contributed by atoms with Gasteiger partial charge in [-0.3, -0.25) is 9.69 Å². The lowest BCUT2D eigenvalue weighted by Gasteiger charge is -2.35. The van der Waals surface area contributed by atoms with Crippen LogP contribution in [-0.4, -0.2) is 41.3 Å². The van der Waals surface area contributed by atoms with Crippen LogP contribution < -0.4 is 0 Å². The normalized spacial score (nSPS) is 30.1. The Balaban J connectivity index is 1.80. The number of fused-ring (bicyclic) bond motifs is 1. The van der Waals surface area contributed by atoms with Gasteiger partial charge in [0.25, 0.3) is 0 Å². The zero-order chi connectivity index (χ0) is 18.2. The number of nitrogens with zero attached hydrogens (tertiary/aromatic N) is 1. The van der Waals surface area contributed by atoms with Gasteiger partial charge in [-0.05, 0) is 48.1 Å². The molecule has 1 aromatic carbocycles. The molecule has 0 aromatic heterocycles. The molecule has 4 atom stereocenters. The maximum atomic E-state index is 12.3. The van der Waals surface area contributed by atoms with Gasteiger partial charge in [-0.1, -0.05) is 45.0 Å². The molecular weight excluding hydrogens is 314 g/mol. The van der Waals surface area contributed by atoms with Crippen LogP contribution in [-0.2, 0) is 21.5 Å². The number of ether oxygens (including phenoxy) is 1. The van der Waals surface area contributed by atoms with Crippen LogP contribution >= 0.6 is 0 Å². The largest absolute Gasteiger partial charge is 0.468 e. The van der Waals surface area contributed by atoms with E-state index in [0.29, 0.717) is 5.92 Å². The molecular formula is C21H31NO3. The quantitative estimate of drug-likeness (QED) is 0.854. The van der Waals surface area contributed by atoms with Crippen molar-refractivity contribution < 1.29 is 14.6 Å². The fourth-order valence-electron chi connectivity index (χ4n) is 4.44. The van der Waals surface area contributed by atoms with Crippen LogP contribution in [0, 0.1) is 5.92 Å². The van der Waals surface area contributed by atoms with Gasteiger partial charge in [0.2, 0.25) is 0 Å². The molecule has 3 rings (SSSR count). The number of aliphatic hydroxyl groups excluding tert-OH is 1. The lowest BCUT2D eigenvalue weighted by Crippen LogP contribution is -2.44. The third kappa shape index (κ3) is 3.90. The maximum absolute atomic E-state index is 12.3. The highest BCUT2D eigenvalue weighted by atomic mass is 16.5. The highest BCUT2D eigenvalue weighted by Gasteiger charge is 2.47. The Labute approximate surface area is 151 Å². The number of hydrogen-bond acceptors (Lipinski definition) is 4. The van der Waals surface area contributed by atoms with Crippen molar-refractivity contribution in [2.75, 3.05) is 7.11 Å². The van der Waals surface area contributed by atoms with Crippen molar-refractivity contribution in [2.45, 2.75) is 76.6 Å². The molecule has 138 valence electrons. The average Bonchev–Trinajstić information content (AvgIpc) is 2.92. The Morgan fingerprint density at radius 3 is 2.48 bits per heavy atom. The first-order valence-corrected chi connectivity index (χ1v) is 9.40. The van der Waals surface area contributed by atoms with E-state index in [1.54, 1.807) is 0 Å². The topological polar surface area (TPSA) is 49.8 Å². The molecule has 1 aliphatic carbocycles. The number of esters is 1. The van der Waals surface area contributed by atoms with Crippen molar-refractivity contribution in [1.29, 1.82) is 0 Å². The summed E-state index contributed by atoms with van der Waals surface area (Å²) in [5.74, 6) is 0.344. The Bertz CT molecular complexity index is 605. The van der Waals surface area contributed by atoms with Crippen molar-refractivity contribution >= 4 is 5.97 Å². The zero-order valence-corrected chi connectivity index (χ0v) is 15.9. The summed E-state index contributed by atoms with van der Waals surface area (Å²) in [6.45, 7) is 7.37. The van der Waals surface area contributed by atoms with Gasteiger partial charge in [0.05, 0.1) is 13.2 Å². The van der Waals surface area contributed by atoms with Crippen LogP contribution in [0.15, 0.2) is 24.3 Å². The van der Waals surface area contributed by atoms with E-state index in [4.69, 9.17) is 4.74 Å². The van der Waals surface area contributed by atoms with Crippen LogP contribution in [0.4, 0.5) is 0 Å². The van der Waals surface area contributed by atoms with Crippen LogP contribution in [0.1, 0.15) is 57.6 Å². The number of hydrogen-bond donors (Lipinski definition) is 1. The minimum Gasteiger partial charge on any atom is -0.468 e. The molecule has 1 N–H and O–H groups in total. The number of carbonyl (C=O) groups is 1. The maximum Gasteiger partial charge on any atom is 0.323 e. The first-order valence-electron chi connectivity index (χ1n) is 9.40. The summed E-state index contributed by atoms with van der Waals surface area (Å²) in [7, 11) is 1.47. The molecule has 1 aliphatic heterocycles. The molecule has 0 unspecified atom stereocenters. The first-order chi connectivity index (χ1) is 11.8. The first kappa shape index (κ1) is 18.4. The number of methoxy groups -OCH3 is 1. The summed E-state index contributed by atoms with van der Waals surface area (Å²) < 4.78 is 5.06. The van der Waals surface area contributed by atoms with Gasteiger partial charge >= 0.3 is 5.97 Å². The molecule has 4 nitrogen and oxygen atoms in total. The van der Waals surface area contributed by atoms with Crippen LogP contribution in [0.3, 0.4) is 0 Å². The molecule has 0 amide bonds. The zero-order valence-electron chi connectivity index (χ0n) is 15.9. The fourth-order valence-corrected chi connectivity index (χ4v) is 4.44. The molecule has 0 bridgehead atoms. The van der Waals surface area contributed by atoms with Crippen molar-refractivity contribution in [2.24, 2.45) is 5.92 Å². The van der Waals surface area contributed by atoms with E-state index in [1.165, 1.54) is 18.2 Å². The van der Waals surface area contributed by atoms with E-state index in [2.05, 4.69) is 49.9 Å². The Morgan fingerprint density at radius 1 is 1.20 bits per heavy atom.